The van der Waals surface area contributed by atoms with Crippen LogP contribution in [0.15, 0.2) is 35.1 Å². The number of benzene rings is 1. The fraction of sp³-hybridized carbons (Fsp3) is 0.176. The van der Waals surface area contributed by atoms with Crippen molar-refractivity contribution < 1.29 is 19.1 Å². The number of hydrogen-bond acceptors (Lipinski definition) is 7. The molecule has 0 fully saturated rings. The summed E-state index contributed by atoms with van der Waals surface area (Å²) in [7, 11) is 1.19. The van der Waals surface area contributed by atoms with Crippen molar-refractivity contribution in [2.24, 2.45) is 0 Å². The van der Waals surface area contributed by atoms with Crippen LogP contribution >= 0.6 is 11.3 Å². The number of nitrogens with zero attached hydrogens (tertiary/aromatic N) is 2. The third kappa shape index (κ3) is 3.84. The second-order valence-electron chi connectivity index (χ2n) is 4.62. The number of hydrogen-bond donors (Lipinski definition) is 0. The van der Waals surface area contributed by atoms with Gasteiger partial charge in [0, 0.05) is 6.08 Å². The zero-order chi connectivity index (χ0) is 18.4. The van der Waals surface area contributed by atoms with E-state index in [4.69, 9.17) is 4.74 Å². The molecule has 1 aromatic heterocycles. The molecule has 128 valence electrons. The first kappa shape index (κ1) is 18.2. The summed E-state index contributed by atoms with van der Waals surface area (Å²) in [6.07, 6.45) is 1.02. The van der Waals surface area contributed by atoms with Gasteiger partial charge in [0.15, 0.2) is 5.57 Å². The van der Waals surface area contributed by atoms with Gasteiger partial charge in [-0.05, 0) is 19.1 Å². The summed E-state index contributed by atoms with van der Waals surface area (Å²) >= 11 is 0.845. The molecule has 0 saturated heterocycles. The minimum atomic E-state index is -0.833. The van der Waals surface area contributed by atoms with E-state index in [1.165, 1.54) is 11.7 Å². The van der Waals surface area contributed by atoms with Crippen LogP contribution in [0.2, 0.25) is 0 Å². The highest BCUT2D eigenvalue weighted by molar-refractivity contribution is 7.07. The summed E-state index contributed by atoms with van der Waals surface area (Å²) in [5.74, 6) is -1.54. The Morgan fingerprint density at radius 1 is 1.32 bits per heavy atom. The summed E-state index contributed by atoms with van der Waals surface area (Å²) < 4.78 is 10.8. The Bertz CT molecular complexity index is 1010. The van der Waals surface area contributed by atoms with Crippen molar-refractivity contribution in [3.8, 4) is 11.8 Å². The number of nitriles is 1. The van der Waals surface area contributed by atoms with E-state index in [1.807, 2.05) is 0 Å². The van der Waals surface area contributed by atoms with Crippen LogP contribution in [0.4, 0.5) is 0 Å². The van der Waals surface area contributed by atoms with E-state index in [0.29, 0.717) is 5.69 Å². The number of esters is 2. The lowest BCUT2D eigenvalue weighted by atomic mass is 10.3. The van der Waals surface area contributed by atoms with Crippen molar-refractivity contribution in [3.05, 3.63) is 49.9 Å². The number of carbonyl (C=O) groups excluding carboxylic acids is 2. The lowest BCUT2D eigenvalue weighted by molar-refractivity contribution is -0.136. The molecule has 0 saturated carbocycles. The number of methoxy groups -OCH3 is 1. The van der Waals surface area contributed by atoms with Crippen LogP contribution in [0.25, 0.3) is 17.3 Å². The highest BCUT2D eigenvalue weighted by atomic mass is 32.1. The molecule has 1 heterocycles. The normalized spacial score (nSPS) is 12.3. The number of ether oxygens (including phenoxy) is 2. The number of aromatic nitrogens is 1. The van der Waals surface area contributed by atoms with Gasteiger partial charge in [-0.3, -0.25) is 9.36 Å². The predicted octanol–water partition coefficient (Wildman–Crippen LogP) is 0.0899. The maximum absolute atomic E-state index is 12.7. The van der Waals surface area contributed by atoms with Gasteiger partial charge in [0.25, 0.3) is 5.56 Å². The molecule has 7 nitrogen and oxygen atoms in total. The average Bonchev–Trinajstić information content (AvgIpc) is 2.92. The first-order valence-corrected chi connectivity index (χ1v) is 8.03. The van der Waals surface area contributed by atoms with Crippen LogP contribution in [-0.4, -0.2) is 30.2 Å². The van der Waals surface area contributed by atoms with E-state index in [9.17, 15) is 19.6 Å². The highest BCUT2D eigenvalue weighted by Crippen LogP contribution is 2.04. The zero-order valence-electron chi connectivity index (χ0n) is 13.5. The third-order valence-electron chi connectivity index (χ3n) is 3.09. The molecule has 0 N–H and O–H groups in total. The fourth-order valence-electron chi connectivity index (χ4n) is 2.01. The lowest BCUT2D eigenvalue weighted by Crippen LogP contribution is -2.32. The molecule has 1 aromatic carbocycles. The molecule has 0 aliphatic carbocycles. The van der Waals surface area contributed by atoms with E-state index < -0.39 is 17.5 Å². The van der Waals surface area contributed by atoms with Crippen molar-refractivity contribution >= 4 is 34.9 Å². The number of carbonyl (C=O) groups is 2. The highest BCUT2D eigenvalue weighted by Gasteiger charge is 2.18. The van der Waals surface area contributed by atoms with Crippen LogP contribution in [0.1, 0.15) is 6.92 Å². The van der Waals surface area contributed by atoms with Gasteiger partial charge in [0.2, 0.25) is 0 Å². The molecule has 0 aliphatic heterocycles. The van der Waals surface area contributed by atoms with Crippen molar-refractivity contribution in [1.29, 1.82) is 5.26 Å². The molecular weight excluding hydrogens is 344 g/mol. The Morgan fingerprint density at radius 2 is 2.00 bits per heavy atom. The summed E-state index contributed by atoms with van der Waals surface area (Å²) in [5.41, 5.74) is -0.383. The Labute approximate surface area is 146 Å². The molecular formula is C17H14N2O5S. The van der Waals surface area contributed by atoms with Crippen molar-refractivity contribution in [2.45, 2.75) is 6.92 Å². The largest absolute Gasteiger partial charge is 0.466 e. The summed E-state index contributed by atoms with van der Waals surface area (Å²) in [5, 5.41) is 9.38. The summed E-state index contributed by atoms with van der Waals surface area (Å²) in [4.78, 5) is 36.3. The quantitative estimate of drug-likeness (QED) is 0.719. The standard InChI is InChI=1S/C17H14N2O5S/c1-3-24-17(22)12(10-18)16-19(11-7-5-4-6-8-11)15(21)13(25-16)9-14(20)23-2/h4-9H,3H2,1-2H3/b13-9?,16-12-. The Morgan fingerprint density at radius 3 is 2.56 bits per heavy atom. The molecule has 0 radical (unpaired) electrons. The van der Waals surface area contributed by atoms with Crippen molar-refractivity contribution in [1.82, 2.24) is 4.57 Å². The molecule has 25 heavy (non-hydrogen) atoms. The van der Waals surface area contributed by atoms with Gasteiger partial charge >= 0.3 is 11.9 Å². The lowest BCUT2D eigenvalue weighted by Gasteiger charge is -2.03. The Kier molecular flexibility index (Phi) is 5.87. The fourth-order valence-corrected chi connectivity index (χ4v) is 3.06. The van der Waals surface area contributed by atoms with Crippen molar-refractivity contribution in [2.75, 3.05) is 13.7 Å². The number of rotatable bonds is 4. The number of para-hydroxylation sites is 1. The van der Waals surface area contributed by atoms with Crippen LogP contribution in [0.3, 0.4) is 0 Å². The molecule has 0 amide bonds. The van der Waals surface area contributed by atoms with Crippen LogP contribution < -0.4 is 14.8 Å². The van der Waals surface area contributed by atoms with Crippen LogP contribution in [-0.2, 0) is 19.1 Å². The Balaban J connectivity index is 2.93. The maximum Gasteiger partial charge on any atom is 0.351 e. The zero-order valence-corrected chi connectivity index (χ0v) is 14.3. The van der Waals surface area contributed by atoms with Gasteiger partial charge in [-0.1, -0.05) is 18.2 Å². The molecule has 0 atom stereocenters. The average molecular weight is 358 g/mol. The molecule has 8 heteroatoms. The van der Waals surface area contributed by atoms with Crippen LogP contribution in [0, 0.1) is 11.3 Å². The Hall–Kier alpha value is -3.18. The molecule has 0 bridgehead atoms. The molecule has 0 spiro atoms. The first-order valence-electron chi connectivity index (χ1n) is 7.22. The monoisotopic (exact) mass is 358 g/mol. The molecule has 0 unspecified atom stereocenters. The maximum atomic E-state index is 12.7. The van der Waals surface area contributed by atoms with Gasteiger partial charge in [0.1, 0.15) is 15.3 Å². The summed E-state index contributed by atoms with van der Waals surface area (Å²) in [6.45, 7) is 1.70. The predicted molar refractivity (Wildman–Crippen MR) is 91.3 cm³/mol. The van der Waals surface area contributed by atoms with Gasteiger partial charge < -0.3 is 9.47 Å². The molecule has 2 aromatic rings. The van der Waals surface area contributed by atoms with E-state index in [1.54, 1.807) is 43.3 Å². The second-order valence-corrected chi connectivity index (χ2v) is 5.65. The van der Waals surface area contributed by atoms with Gasteiger partial charge in [0.05, 0.1) is 19.4 Å². The van der Waals surface area contributed by atoms with Gasteiger partial charge in [-0.25, -0.2) is 9.59 Å². The SMILES string of the molecule is CCOC(=O)/C(C#N)=c1\sc(=CC(=O)OC)c(=O)n1-c1ccccc1. The molecule has 0 aliphatic rings. The third-order valence-corrected chi connectivity index (χ3v) is 4.19. The minimum Gasteiger partial charge on any atom is -0.466 e. The number of thiazole rings is 1. The summed E-state index contributed by atoms with van der Waals surface area (Å²) in [6, 6.07) is 10.3. The topological polar surface area (TPSA) is 98.4 Å². The minimum absolute atomic E-state index is 0.0442. The van der Waals surface area contributed by atoms with E-state index in [2.05, 4.69) is 4.74 Å². The smallest absolute Gasteiger partial charge is 0.351 e. The van der Waals surface area contributed by atoms with E-state index in [-0.39, 0.29) is 21.4 Å². The van der Waals surface area contributed by atoms with Gasteiger partial charge in [-0.2, -0.15) is 5.26 Å². The van der Waals surface area contributed by atoms with E-state index >= 15 is 0 Å². The van der Waals surface area contributed by atoms with E-state index in [0.717, 1.165) is 17.4 Å². The van der Waals surface area contributed by atoms with Gasteiger partial charge in [-0.15, -0.1) is 11.3 Å². The second kappa shape index (κ2) is 8.08. The van der Waals surface area contributed by atoms with Crippen LogP contribution in [0.5, 0.6) is 0 Å². The molecule has 2 rings (SSSR count). The van der Waals surface area contributed by atoms with Crippen molar-refractivity contribution in [3.63, 3.8) is 0 Å². The first-order chi connectivity index (χ1) is 12.0.